The van der Waals surface area contributed by atoms with Crippen LogP contribution in [0, 0.1) is 10.1 Å². The van der Waals surface area contributed by atoms with E-state index in [9.17, 15) is 10.1 Å². The maximum atomic E-state index is 10.4. The highest BCUT2D eigenvalue weighted by atomic mass is 17.0. The molecule has 88 valence electrons. The number of fused-ring (bicyclic) bond motifs is 2. The summed E-state index contributed by atoms with van der Waals surface area (Å²) in [6.45, 7) is 0. The highest BCUT2D eigenvalue weighted by Gasteiger charge is 2.07. The number of nitrogens with zero attached hydrogens (tertiary/aromatic N) is 2. The van der Waals surface area contributed by atoms with Crippen LogP contribution in [-0.4, -0.2) is 10.1 Å². The quantitative estimate of drug-likeness (QED) is 0.392. The Labute approximate surface area is 102 Å². The van der Waals surface area contributed by atoms with E-state index >= 15 is 0 Å². The van der Waals surface area contributed by atoms with E-state index in [1.54, 1.807) is 6.07 Å². The first kappa shape index (κ1) is 10.5. The number of benzene rings is 2. The van der Waals surface area contributed by atoms with Crippen LogP contribution in [0.1, 0.15) is 0 Å². The van der Waals surface area contributed by atoms with Crippen LogP contribution in [0.3, 0.4) is 0 Å². The standard InChI is InChI=1S/C13H8N2O3/c16-15(17)18-12-7-3-5-10-8-9-4-1-2-6-11(9)14-13(10)12/h1-8H. The van der Waals surface area contributed by atoms with Gasteiger partial charge in [-0.1, -0.05) is 30.3 Å². The molecule has 1 aromatic heterocycles. The number of hydrogen-bond acceptors (Lipinski definition) is 4. The molecule has 0 unspecified atom stereocenters. The van der Waals surface area contributed by atoms with Crippen molar-refractivity contribution in [2.75, 3.05) is 0 Å². The lowest BCUT2D eigenvalue weighted by Crippen LogP contribution is -2.04. The van der Waals surface area contributed by atoms with Crippen LogP contribution in [0.5, 0.6) is 5.75 Å². The molecule has 0 aliphatic heterocycles. The molecular formula is C13H8N2O3. The van der Waals surface area contributed by atoms with Crippen molar-refractivity contribution in [3.05, 3.63) is 58.6 Å². The van der Waals surface area contributed by atoms with Gasteiger partial charge in [-0.2, -0.15) is 0 Å². The first-order valence-electron chi connectivity index (χ1n) is 5.35. The second-order valence-corrected chi connectivity index (χ2v) is 3.82. The van der Waals surface area contributed by atoms with Crippen molar-refractivity contribution >= 4 is 21.8 Å². The van der Waals surface area contributed by atoms with Gasteiger partial charge >= 0.3 is 0 Å². The Bertz CT molecular complexity index is 755. The van der Waals surface area contributed by atoms with Crippen molar-refractivity contribution in [1.29, 1.82) is 0 Å². The van der Waals surface area contributed by atoms with Gasteiger partial charge in [0.2, 0.25) is 0 Å². The Morgan fingerprint density at radius 2 is 1.83 bits per heavy atom. The fraction of sp³-hybridized carbons (Fsp3) is 0. The topological polar surface area (TPSA) is 65.3 Å². The molecule has 0 aliphatic rings. The van der Waals surface area contributed by atoms with Crippen LogP contribution in [0.2, 0.25) is 0 Å². The van der Waals surface area contributed by atoms with E-state index in [2.05, 4.69) is 9.82 Å². The minimum atomic E-state index is -0.828. The lowest BCUT2D eigenvalue weighted by atomic mass is 10.1. The van der Waals surface area contributed by atoms with E-state index in [1.165, 1.54) is 6.07 Å². The smallest absolute Gasteiger partial charge is 0.274 e. The number of para-hydroxylation sites is 2. The third kappa shape index (κ3) is 1.71. The van der Waals surface area contributed by atoms with Gasteiger partial charge in [-0.25, -0.2) is 4.98 Å². The second kappa shape index (κ2) is 3.96. The summed E-state index contributed by atoms with van der Waals surface area (Å²) in [5.74, 6) is 0.156. The van der Waals surface area contributed by atoms with E-state index < -0.39 is 5.09 Å². The zero-order chi connectivity index (χ0) is 12.5. The van der Waals surface area contributed by atoms with Gasteiger partial charge in [0.05, 0.1) is 5.52 Å². The molecule has 0 spiro atoms. The van der Waals surface area contributed by atoms with Gasteiger partial charge in [0.1, 0.15) is 5.52 Å². The first-order chi connectivity index (χ1) is 8.74. The third-order valence-electron chi connectivity index (χ3n) is 2.68. The van der Waals surface area contributed by atoms with Gasteiger partial charge in [0, 0.05) is 10.8 Å². The molecule has 3 rings (SSSR count). The van der Waals surface area contributed by atoms with E-state index in [-0.39, 0.29) is 5.75 Å². The van der Waals surface area contributed by atoms with Crippen molar-refractivity contribution in [1.82, 2.24) is 4.98 Å². The zero-order valence-electron chi connectivity index (χ0n) is 9.24. The predicted octanol–water partition coefficient (Wildman–Crippen LogP) is 2.96. The molecule has 5 heteroatoms. The van der Waals surface area contributed by atoms with Gasteiger partial charge in [-0.15, -0.1) is 10.1 Å². The summed E-state index contributed by atoms with van der Waals surface area (Å²) < 4.78 is 0. The molecule has 2 aromatic carbocycles. The summed E-state index contributed by atoms with van der Waals surface area (Å²) in [5, 5.41) is 11.4. The molecule has 0 amide bonds. The van der Waals surface area contributed by atoms with Crippen molar-refractivity contribution in [3.63, 3.8) is 0 Å². The molecule has 0 saturated carbocycles. The maximum Gasteiger partial charge on any atom is 0.299 e. The van der Waals surface area contributed by atoms with E-state index in [4.69, 9.17) is 0 Å². The molecule has 0 N–H and O–H groups in total. The lowest BCUT2D eigenvalue weighted by molar-refractivity contribution is -0.710. The monoisotopic (exact) mass is 240 g/mol. The first-order valence-corrected chi connectivity index (χ1v) is 5.35. The fourth-order valence-corrected chi connectivity index (χ4v) is 1.93. The number of hydrogen-bond donors (Lipinski definition) is 0. The number of aromatic nitrogens is 1. The molecule has 1 heterocycles. The molecular weight excluding hydrogens is 232 g/mol. The third-order valence-corrected chi connectivity index (χ3v) is 2.68. The summed E-state index contributed by atoms with van der Waals surface area (Å²) in [4.78, 5) is 19.4. The van der Waals surface area contributed by atoms with Gasteiger partial charge in [-0.3, -0.25) is 4.84 Å². The number of rotatable bonds is 2. The van der Waals surface area contributed by atoms with Gasteiger partial charge in [0.25, 0.3) is 5.09 Å². The molecule has 3 aromatic rings. The van der Waals surface area contributed by atoms with E-state index in [0.717, 1.165) is 16.3 Å². The van der Waals surface area contributed by atoms with Crippen LogP contribution >= 0.6 is 0 Å². The zero-order valence-corrected chi connectivity index (χ0v) is 9.24. The number of pyridine rings is 1. The summed E-state index contributed by atoms with van der Waals surface area (Å²) in [6.07, 6.45) is 0. The van der Waals surface area contributed by atoms with Crippen LogP contribution < -0.4 is 4.84 Å². The van der Waals surface area contributed by atoms with Crippen molar-refractivity contribution in [2.24, 2.45) is 0 Å². The van der Waals surface area contributed by atoms with Crippen molar-refractivity contribution in [2.45, 2.75) is 0 Å². The van der Waals surface area contributed by atoms with Crippen molar-refractivity contribution < 1.29 is 9.92 Å². The molecule has 18 heavy (non-hydrogen) atoms. The Morgan fingerprint density at radius 1 is 1.06 bits per heavy atom. The Hall–Kier alpha value is -2.69. The SMILES string of the molecule is O=[N+]([O-])Oc1cccc2cc3ccccc3nc12. The maximum absolute atomic E-state index is 10.4. The largest absolute Gasteiger partial charge is 0.299 e. The molecule has 0 aliphatic carbocycles. The van der Waals surface area contributed by atoms with Crippen LogP contribution in [-0.2, 0) is 0 Å². The fourth-order valence-electron chi connectivity index (χ4n) is 1.93. The summed E-state index contributed by atoms with van der Waals surface area (Å²) in [7, 11) is 0. The second-order valence-electron chi connectivity index (χ2n) is 3.82. The molecule has 0 fully saturated rings. The van der Waals surface area contributed by atoms with Gasteiger partial charge in [0.15, 0.2) is 5.75 Å². The van der Waals surface area contributed by atoms with Gasteiger partial charge in [-0.05, 0) is 18.2 Å². The molecule has 0 bridgehead atoms. The van der Waals surface area contributed by atoms with Crippen LogP contribution in [0.4, 0.5) is 0 Å². The van der Waals surface area contributed by atoms with Crippen LogP contribution in [0.25, 0.3) is 21.8 Å². The van der Waals surface area contributed by atoms with Crippen LogP contribution in [0.15, 0.2) is 48.5 Å². The highest BCUT2D eigenvalue weighted by Crippen LogP contribution is 2.26. The van der Waals surface area contributed by atoms with Gasteiger partial charge < -0.3 is 0 Å². The molecule has 0 radical (unpaired) electrons. The minimum absolute atomic E-state index is 0.156. The normalized spacial score (nSPS) is 10.7. The highest BCUT2D eigenvalue weighted by molar-refractivity contribution is 5.95. The van der Waals surface area contributed by atoms with E-state index in [0.29, 0.717) is 5.52 Å². The average molecular weight is 240 g/mol. The lowest BCUT2D eigenvalue weighted by Gasteiger charge is -2.05. The summed E-state index contributed by atoms with van der Waals surface area (Å²) in [6, 6.07) is 14.6. The summed E-state index contributed by atoms with van der Waals surface area (Å²) in [5.41, 5.74) is 1.28. The average Bonchev–Trinajstić information content (AvgIpc) is 2.36. The molecule has 5 nitrogen and oxygen atoms in total. The van der Waals surface area contributed by atoms with E-state index in [1.807, 2.05) is 36.4 Å². The van der Waals surface area contributed by atoms with Crippen molar-refractivity contribution in [3.8, 4) is 5.75 Å². The molecule has 0 atom stereocenters. The molecule has 0 saturated heterocycles. The Morgan fingerprint density at radius 3 is 2.67 bits per heavy atom. The Kier molecular flexibility index (Phi) is 2.30. The summed E-state index contributed by atoms with van der Waals surface area (Å²) >= 11 is 0. The minimum Gasteiger partial charge on any atom is -0.274 e. The Balaban J connectivity index is 2.32. The predicted molar refractivity (Wildman–Crippen MR) is 66.9 cm³/mol.